The third kappa shape index (κ3) is 4.84. The van der Waals surface area contributed by atoms with Crippen LogP contribution in [0.5, 0.6) is 34.5 Å². The van der Waals surface area contributed by atoms with Crippen molar-refractivity contribution in [3.63, 3.8) is 0 Å². The van der Waals surface area contributed by atoms with Crippen molar-refractivity contribution in [2.45, 2.75) is 30.7 Å². The van der Waals surface area contributed by atoms with Crippen LogP contribution in [0.15, 0.2) is 24.3 Å². The van der Waals surface area contributed by atoms with Crippen LogP contribution in [0.2, 0.25) is 0 Å². The van der Waals surface area contributed by atoms with Crippen LogP contribution in [0.3, 0.4) is 0 Å². The van der Waals surface area contributed by atoms with Gasteiger partial charge in [-0.25, -0.2) is 9.59 Å². The third-order valence-corrected chi connectivity index (χ3v) is 4.89. The van der Waals surface area contributed by atoms with Crippen molar-refractivity contribution in [3.05, 3.63) is 35.4 Å². The van der Waals surface area contributed by atoms with E-state index < -0.39 is 89.3 Å². The molecule has 3 rings (SSSR count). The van der Waals surface area contributed by atoms with Gasteiger partial charge in [-0.05, 0) is 24.3 Å². The van der Waals surface area contributed by atoms with E-state index in [-0.39, 0.29) is 5.56 Å². The molecular weight excluding hydrogens is 464 g/mol. The minimum atomic E-state index is -1.99. The van der Waals surface area contributed by atoms with Crippen LogP contribution >= 0.6 is 0 Å². The Morgan fingerprint density at radius 2 is 1.18 bits per heavy atom. The van der Waals surface area contributed by atoms with Gasteiger partial charge in [0.15, 0.2) is 46.9 Å². The molecule has 0 bridgehead atoms. The number of hydrogen-bond acceptors (Lipinski definition) is 14. The number of rotatable bonds is 5. The number of carbonyl (C=O) groups excluding carboxylic acids is 2. The maximum Gasteiger partial charge on any atom is 0.338 e. The normalized spacial score (nSPS) is 24.4. The van der Waals surface area contributed by atoms with Crippen molar-refractivity contribution >= 4 is 11.9 Å². The van der Waals surface area contributed by atoms with Gasteiger partial charge in [-0.1, -0.05) is 0 Å². The summed E-state index contributed by atoms with van der Waals surface area (Å²) in [5, 5.41) is 87.1. The molecule has 34 heavy (non-hydrogen) atoms. The number of ether oxygens (including phenoxy) is 3. The number of carbonyl (C=O) groups is 2. The molecule has 1 aliphatic rings. The molecule has 14 nitrogen and oxygen atoms in total. The minimum absolute atomic E-state index is 0.381. The number of hydrogen-bond donors (Lipinski definition) is 9. The van der Waals surface area contributed by atoms with E-state index in [2.05, 4.69) is 0 Å². The Kier molecular flexibility index (Phi) is 6.88. The van der Waals surface area contributed by atoms with E-state index in [1.54, 1.807) is 0 Å². The Hall–Kier alpha value is -3.98. The van der Waals surface area contributed by atoms with E-state index in [0.29, 0.717) is 0 Å². The summed E-state index contributed by atoms with van der Waals surface area (Å²) in [6.45, 7) is -0.749. The van der Waals surface area contributed by atoms with Crippen LogP contribution < -0.4 is 0 Å². The quantitative estimate of drug-likeness (QED) is 0.178. The third-order valence-electron chi connectivity index (χ3n) is 4.89. The number of esters is 2. The highest BCUT2D eigenvalue weighted by molar-refractivity contribution is 5.91. The van der Waals surface area contributed by atoms with Gasteiger partial charge < -0.3 is 60.2 Å². The molecule has 0 aliphatic carbocycles. The highest BCUT2D eigenvalue weighted by Gasteiger charge is 2.47. The molecule has 0 aromatic heterocycles. The summed E-state index contributed by atoms with van der Waals surface area (Å²) in [6, 6.07) is 3.07. The first kappa shape index (κ1) is 24.7. The average molecular weight is 484 g/mol. The zero-order valence-electron chi connectivity index (χ0n) is 17.0. The first-order valence-corrected chi connectivity index (χ1v) is 9.48. The standard InChI is InChI=1S/C20H20O14/c21-8-1-6(2-9(22)13(8)25)18(29)32-5-12-15(27)17(16(28)20(31)33-12)34-19(30)7-3-10(23)14(26)11(24)4-7/h1-4,12,15-17,20-28,31H,5H2/t12-,15-,16-,17+,20+/m0/s1. The van der Waals surface area contributed by atoms with Gasteiger partial charge in [0.05, 0.1) is 11.1 Å². The molecule has 0 amide bonds. The Morgan fingerprint density at radius 3 is 1.65 bits per heavy atom. The summed E-state index contributed by atoms with van der Waals surface area (Å²) < 4.78 is 14.8. The van der Waals surface area contributed by atoms with Gasteiger partial charge in [0.25, 0.3) is 0 Å². The predicted octanol–water partition coefficient (Wildman–Crippen LogP) is -1.26. The fourth-order valence-corrected chi connectivity index (χ4v) is 3.07. The van der Waals surface area contributed by atoms with E-state index >= 15 is 0 Å². The van der Waals surface area contributed by atoms with E-state index in [1.807, 2.05) is 0 Å². The Bertz CT molecular complexity index is 1050. The highest BCUT2D eigenvalue weighted by Crippen LogP contribution is 2.37. The van der Waals surface area contributed by atoms with Gasteiger partial charge in [-0.2, -0.15) is 0 Å². The molecule has 0 spiro atoms. The highest BCUT2D eigenvalue weighted by atomic mass is 16.7. The molecular formula is C20H20O14. The fraction of sp³-hybridized carbons (Fsp3) is 0.300. The number of aliphatic hydroxyl groups is 3. The number of phenolic OH excluding ortho intramolecular Hbond substituents is 6. The van der Waals surface area contributed by atoms with E-state index in [1.165, 1.54) is 0 Å². The van der Waals surface area contributed by atoms with Gasteiger partial charge in [-0.15, -0.1) is 0 Å². The average Bonchev–Trinajstić information content (AvgIpc) is 2.79. The molecule has 184 valence electrons. The zero-order valence-corrected chi connectivity index (χ0v) is 17.0. The molecule has 0 unspecified atom stereocenters. The monoisotopic (exact) mass is 484 g/mol. The number of aromatic hydroxyl groups is 6. The van der Waals surface area contributed by atoms with Gasteiger partial charge >= 0.3 is 11.9 Å². The lowest BCUT2D eigenvalue weighted by Crippen LogP contribution is -2.60. The number of aliphatic hydroxyl groups excluding tert-OH is 3. The van der Waals surface area contributed by atoms with Gasteiger partial charge in [0.1, 0.15) is 24.9 Å². The largest absolute Gasteiger partial charge is 0.504 e. The molecule has 2 aromatic carbocycles. The molecule has 1 heterocycles. The number of benzene rings is 2. The Morgan fingerprint density at radius 1 is 0.735 bits per heavy atom. The smallest absolute Gasteiger partial charge is 0.338 e. The lowest BCUT2D eigenvalue weighted by Gasteiger charge is -2.39. The van der Waals surface area contributed by atoms with Crippen molar-refractivity contribution in [2.75, 3.05) is 6.61 Å². The SMILES string of the molecule is O=C(OC[C@@H]1O[C@@H](O)[C@@H](O)[C@H](OC(=O)c2cc(O)c(O)c(O)c2)[C@H]1O)c1cc(O)c(O)c(O)c1. The van der Waals surface area contributed by atoms with Crippen molar-refractivity contribution in [2.24, 2.45) is 0 Å². The lowest BCUT2D eigenvalue weighted by atomic mass is 9.99. The van der Waals surface area contributed by atoms with Crippen LogP contribution in [0, 0.1) is 0 Å². The van der Waals surface area contributed by atoms with E-state index in [0.717, 1.165) is 24.3 Å². The van der Waals surface area contributed by atoms with Crippen LogP contribution in [0.1, 0.15) is 20.7 Å². The Balaban J connectivity index is 1.71. The molecule has 2 aromatic rings. The van der Waals surface area contributed by atoms with Crippen molar-refractivity contribution in [3.8, 4) is 34.5 Å². The molecule has 1 fully saturated rings. The minimum Gasteiger partial charge on any atom is -0.504 e. The molecule has 0 radical (unpaired) electrons. The molecule has 14 heteroatoms. The van der Waals surface area contributed by atoms with Crippen molar-refractivity contribution in [1.82, 2.24) is 0 Å². The lowest BCUT2D eigenvalue weighted by molar-refractivity contribution is -0.285. The van der Waals surface area contributed by atoms with Gasteiger partial charge in [-0.3, -0.25) is 0 Å². The number of phenols is 6. The van der Waals surface area contributed by atoms with Crippen LogP contribution in [0.4, 0.5) is 0 Å². The van der Waals surface area contributed by atoms with Crippen molar-refractivity contribution in [1.29, 1.82) is 0 Å². The molecule has 1 aliphatic heterocycles. The molecule has 5 atom stereocenters. The van der Waals surface area contributed by atoms with Crippen LogP contribution in [0.25, 0.3) is 0 Å². The van der Waals surface area contributed by atoms with Gasteiger partial charge in [0, 0.05) is 0 Å². The second-order valence-electron chi connectivity index (χ2n) is 7.24. The summed E-state index contributed by atoms with van der Waals surface area (Å²) in [5.41, 5.74) is -0.850. The second-order valence-corrected chi connectivity index (χ2v) is 7.24. The Labute approximate surface area is 189 Å². The summed E-state index contributed by atoms with van der Waals surface area (Å²) in [4.78, 5) is 24.5. The predicted molar refractivity (Wildman–Crippen MR) is 105 cm³/mol. The molecule has 0 saturated carbocycles. The first-order valence-electron chi connectivity index (χ1n) is 9.48. The summed E-state index contributed by atoms with van der Waals surface area (Å²) in [6.07, 6.45) is -9.14. The van der Waals surface area contributed by atoms with Gasteiger partial charge in [0.2, 0.25) is 0 Å². The van der Waals surface area contributed by atoms with E-state index in [4.69, 9.17) is 14.2 Å². The zero-order chi connectivity index (χ0) is 25.3. The summed E-state index contributed by atoms with van der Waals surface area (Å²) in [5.74, 6) is -7.48. The summed E-state index contributed by atoms with van der Waals surface area (Å²) in [7, 11) is 0. The topological polar surface area (TPSA) is 244 Å². The first-order chi connectivity index (χ1) is 15.9. The maximum atomic E-state index is 12.4. The maximum absolute atomic E-state index is 12.4. The van der Waals surface area contributed by atoms with E-state index in [9.17, 15) is 55.5 Å². The molecule has 1 saturated heterocycles. The van der Waals surface area contributed by atoms with Crippen LogP contribution in [-0.2, 0) is 14.2 Å². The second kappa shape index (κ2) is 9.48. The summed E-state index contributed by atoms with van der Waals surface area (Å²) >= 11 is 0. The van der Waals surface area contributed by atoms with Crippen molar-refractivity contribution < 1.29 is 69.8 Å². The van der Waals surface area contributed by atoms with Crippen LogP contribution in [-0.4, -0.2) is 95.2 Å². The molecule has 9 N–H and O–H groups in total. The fourth-order valence-electron chi connectivity index (χ4n) is 3.07.